The number of hydrogen-bond acceptors (Lipinski definition) is 3. The molecule has 5 nitrogen and oxygen atoms in total. The van der Waals surface area contributed by atoms with E-state index in [1.54, 1.807) is 37.5 Å². The van der Waals surface area contributed by atoms with Crippen molar-refractivity contribution in [2.75, 3.05) is 17.7 Å². The predicted octanol–water partition coefficient (Wildman–Crippen LogP) is 5.90. The number of anilines is 2. The molecule has 0 fully saturated rings. The number of ether oxygens (including phenoxy) is 1. The fraction of sp³-hybridized carbons (Fsp3) is 0.185. The third kappa shape index (κ3) is 6.32. The van der Waals surface area contributed by atoms with Crippen molar-refractivity contribution in [2.45, 2.75) is 26.2 Å². The van der Waals surface area contributed by atoms with Crippen molar-refractivity contribution >= 4 is 29.3 Å². The summed E-state index contributed by atoms with van der Waals surface area (Å²) >= 11 is 0. The second kappa shape index (κ2) is 9.96. The van der Waals surface area contributed by atoms with Crippen LogP contribution in [-0.2, 0) is 10.2 Å². The van der Waals surface area contributed by atoms with Gasteiger partial charge in [-0.25, -0.2) is 0 Å². The number of hydrogen-bond donors (Lipinski definition) is 2. The number of benzene rings is 3. The van der Waals surface area contributed by atoms with E-state index in [9.17, 15) is 9.59 Å². The van der Waals surface area contributed by atoms with Crippen LogP contribution >= 0.6 is 0 Å². The van der Waals surface area contributed by atoms with Crippen LogP contribution in [0.2, 0.25) is 0 Å². The van der Waals surface area contributed by atoms with E-state index in [2.05, 4.69) is 31.4 Å². The molecule has 0 saturated heterocycles. The lowest BCUT2D eigenvalue weighted by Gasteiger charge is -2.19. The summed E-state index contributed by atoms with van der Waals surface area (Å²) in [5, 5.41) is 5.68. The molecular formula is C27H28N2O3. The van der Waals surface area contributed by atoms with Crippen LogP contribution in [0.15, 0.2) is 78.9 Å². The number of amides is 2. The minimum Gasteiger partial charge on any atom is -0.497 e. The Labute approximate surface area is 189 Å². The number of carbonyl (C=O) groups excluding carboxylic acids is 2. The lowest BCUT2D eigenvalue weighted by Crippen LogP contribution is -2.14. The average molecular weight is 429 g/mol. The molecule has 5 heteroatoms. The van der Waals surface area contributed by atoms with Crippen LogP contribution in [-0.4, -0.2) is 18.9 Å². The van der Waals surface area contributed by atoms with Crippen molar-refractivity contribution in [1.29, 1.82) is 0 Å². The predicted molar refractivity (Wildman–Crippen MR) is 130 cm³/mol. The van der Waals surface area contributed by atoms with E-state index in [-0.39, 0.29) is 17.2 Å². The third-order valence-corrected chi connectivity index (χ3v) is 4.97. The Morgan fingerprint density at radius 3 is 1.88 bits per heavy atom. The zero-order valence-electron chi connectivity index (χ0n) is 18.8. The van der Waals surface area contributed by atoms with Crippen LogP contribution in [0.3, 0.4) is 0 Å². The Kier molecular flexibility index (Phi) is 7.11. The highest BCUT2D eigenvalue weighted by atomic mass is 16.5. The van der Waals surface area contributed by atoms with Crippen LogP contribution in [0.25, 0.3) is 6.08 Å². The van der Waals surface area contributed by atoms with Crippen LogP contribution in [0.5, 0.6) is 5.75 Å². The van der Waals surface area contributed by atoms with Gasteiger partial charge < -0.3 is 15.4 Å². The lowest BCUT2D eigenvalue weighted by atomic mass is 9.87. The zero-order valence-corrected chi connectivity index (χ0v) is 18.8. The van der Waals surface area contributed by atoms with E-state index < -0.39 is 0 Å². The number of methoxy groups -OCH3 is 1. The van der Waals surface area contributed by atoms with Gasteiger partial charge in [0.15, 0.2) is 0 Å². The Hall–Kier alpha value is -3.86. The Bertz CT molecular complexity index is 1090. The average Bonchev–Trinajstić information content (AvgIpc) is 2.79. The highest BCUT2D eigenvalue weighted by Gasteiger charge is 2.14. The van der Waals surface area contributed by atoms with Crippen LogP contribution in [0, 0.1) is 0 Å². The van der Waals surface area contributed by atoms with Gasteiger partial charge in [0, 0.05) is 23.0 Å². The molecule has 0 saturated carbocycles. The second-order valence-electron chi connectivity index (χ2n) is 8.45. The van der Waals surface area contributed by atoms with Gasteiger partial charge in [0.25, 0.3) is 5.91 Å². The van der Waals surface area contributed by atoms with Crippen molar-refractivity contribution < 1.29 is 14.3 Å². The quantitative estimate of drug-likeness (QED) is 0.481. The first-order chi connectivity index (χ1) is 15.2. The first-order valence-corrected chi connectivity index (χ1v) is 10.4. The van der Waals surface area contributed by atoms with Crippen molar-refractivity contribution in [3.63, 3.8) is 0 Å². The number of carbonyl (C=O) groups is 2. The van der Waals surface area contributed by atoms with Gasteiger partial charge in [-0.3, -0.25) is 9.59 Å². The summed E-state index contributed by atoms with van der Waals surface area (Å²) in [6.07, 6.45) is 3.20. The van der Waals surface area contributed by atoms with Crippen LogP contribution < -0.4 is 15.4 Å². The SMILES string of the molecule is COc1ccc(/C=C/C(=O)Nc2ccc(NC(=O)c3ccc(C(C)(C)C)cc3)cc2)cc1. The van der Waals surface area contributed by atoms with E-state index in [4.69, 9.17) is 4.74 Å². The van der Waals surface area contributed by atoms with E-state index in [1.807, 2.05) is 48.5 Å². The maximum atomic E-state index is 12.5. The highest BCUT2D eigenvalue weighted by molar-refractivity contribution is 6.05. The number of rotatable bonds is 6. The van der Waals surface area contributed by atoms with Gasteiger partial charge in [0.05, 0.1) is 7.11 Å². The van der Waals surface area contributed by atoms with Gasteiger partial charge in [0.1, 0.15) is 5.75 Å². The Morgan fingerprint density at radius 1 is 0.781 bits per heavy atom. The first-order valence-electron chi connectivity index (χ1n) is 10.4. The minimum atomic E-state index is -0.239. The molecule has 0 spiro atoms. The largest absolute Gasteiger partial charge is 0.497 e. The third-order valence-electron chi connectivity index (χ3n) is 4.97. The monoisotopic (exact) mass is 428 g/mol. The molecular weight excluding hydrogens is 400 g/mol. The number of nitrogens with one attached hydrogen (secondary N) is 2. The smallest absolute Gasteiger partial charge is 0.255 e. The van der Waals surface area contributed by atoms with Gasteiger partial charge in [-0.15, -0.1) is 0 Å². The fourth-order valence-corrected chi connectivity index (χ4v) is 3.03. The molecule has 0 radical (unpaired) electrons. The molecule has 0 aliphatic carbocycles. The summed E-state index contributed by atoms with van der Waals surface area (Å²) in [6.45, 7) is 6.41. The first kappa shape index (κ1) is 22.8. The zero-order chi connectivity index (χ0) is 23.1. The molecule has 32 heavy (non-hydrogen) atoms. The topological polar surface area (TPSA) is 67.4 Å². The molecule has 3 aromatic carbocycles. The van der Waals surface area contributed by atoms with Crippen molar-refractivity contribution in [3.05, 3.63) is 95.6 Å². The molecule has 164 valence electrons. The van der Waals surface area contributed by atoms with E-state index >= 15 is 0 Å². The molecule has 0 aliphatic heterocycles. The molecule has 0 atom stereocenters. The standard InChI is InChI=1S/C27H28N2O3/c1-27(2,3)21-10-8-20(9-11-21)26(31)29-23-14-12-22(13-15-23)28-25(30)18-7-19-5-16-24(32-4)17-6-19/h5-18H,1-4H3,(H,28,30)(H,29,31)/b18-7+. The van der Waals surface area contributed by atoms with Crippen LogP contribution in [0.1, 0.15) is 42.3 Å². The lowest BCUT2D eigenvalue weighted by molar-refractivity contribution is -0.111. The van der Waals surface area contributed by atoms with E-state index in [0.717, 1.165) is 11.3 Å². The molecule has 3 aromatic rings. The molecule has 3 rings (SSSR count). The van der Waals surface area contributed by atoms with Crippen molar-refractivity contribution in [1.82, 2.24) is 0 Å². The summed E-state index contributed by atoms with van der Waals surface area (Å²) < 4.78 is 5.12. The van der Waals surface area contributed by atoms with Gasteiger partial charge in [-0.2, -0.15) is 0 Å². The summed E-state index contributed by atoms with van der Waals surface area (Å²) in [7, 11) is 1.61. The normalized spacial score (nSPS) is 11.2. The molecule has 0 bridgehead atoms. The Morgan fingerprint density at radius 2 is 1.34 bits per heavy atom. The van der Waals surface area contributed by atoms with Gasteiger partial charge in [-0.05, 0) is 71.1 Å². The summed E-state index contributed by atoms with van der Waals surface area (Å²) in [4.78, 5) is 24.7. The molecule has 2 amide bonds. The van der Waals surface area contributed by atoms with Crippen molar-refractivity contribution in [3.8, 4) is 5.75 Å². The summed E-state index contributed by atoms with van der Waals surface area (Å²) in [6, 6.07) is 22.0. The van der Waals surface area contributed by atoms with Gasteiger partial charge >= 0.3 is 0 Å². The molecule has 0 aromatic heterocycles. The van der Waals surface area contributed by atoms with Crippen LogP contribution in [0.4, 0.5) is 11.4 Å². The fourth-order valence-electron chi connectivity index (χ4n) is 3.03. The summed E-state index contributed by atoms with van der Waals surface area (Å²) in [5.74, 6) is 0.349. The van der Waals surface area contributed by atoms with E-state index in [1.165, 1.54) is 11.6 Å². The maximum Gasteiger partial charge on any atom is 0.255 e. The highest BCUT2D eigenvalue weighted by Crippen LogP contribution is 2.22. The van der Waals surface area contributed by atoms with E-state index in [0.29, 0.717) is 16.9 Å². The minimum absolute atomic E-state index is 0.0408. The van der Waals surface area contributed by atoms with Gasteiger partial charge in [-0.1, -0.05) is 45.0 Å². The molecule has 2 N–H and O–H groups in total. The molecule has 0 unspecified atom stereocenters. The summed E-state index contributed by atoms with van der Waals surface area (Å²) in [5.41, 5.74) is 4.01. The second-order valence-corrected chi connectivity index (χ2v) is 8.45. The molecule has 0 aliphatic rings. The Balaban J connectivity index is 1.55. The maximum absolute atomic E-state index is 12.5. The molecule has 0 heterocycles. The van der Waals surface area contributed by atoms with Crippen molar-refractivity contribution in [2.24, 2.45) is 0 Å². The van der Waals surface area contributed by atoms with Gasteiger partial charge in [0.2, 0.25) is 5.91 Å².